The molecule has 0 N–H and O–H groups in total. The second-order valence-corrected chi connectivity index (χ2v) is 10.1. The van der Waals surface area contributed by atoms with E-state index in [1.807, 2.05) is 12.1 Å². The maximum absolute atomic E-state index is 6.05. The molecule has 1 aromatic heterocycles. The van der Waals surface area contributed by atoms with Gasteiger partial charge in [0, 0.05) is 27.7 Å². The Morgan fingerprint density at radius 2 is 1.15 bits per heavy atom. The maximum Gasteiger partial charge on any atom is 0.328 e. The van der Waals surface area contributed by atoms with E-state index < -0.39 is 0 Å². The average molecular weight is 497 g/mol. The lowest BCUT2D eigenvalue weighted by atomic mass is 9.45. The van der Waals surface area contributed by atoms with Crippen LogP contribution in [0.15, 0.2) is 150 Å². The first kappa shape index (κ1) is 22.0. The minimum absolute atomic E-state index is 0.0628. The Kier molecular flexibility index (Phi) is 4.96. The number of nitrogens with zero attached hydrogens (tertiary/aromatic N) is 1. The number of furan rings is 1. The molecule has 0 amide bonds. The van der Waals surface area contributed by atoms with Crippen molar-refractivity contribution < 1.29 is 4.42 Å². The molecule has 0 bridgehead atoms. The summed E-state index contributed by atoms with van der Waals surface area (Å²) in [5.41, 5.74) is 11.8. The van der Waals surface area contributed by atoms with Crippen molar-refractivity contribution in [2.45, 2.75) is 0 Å². The summed E-state index contributed by atoms with van der Waals surface area (Å²) in [6.07, 6.45) is 0. The van der Waals surface area contributed by atoms with Crippen LogP contribution < -0.4 is 15.7 Å². The Labute approximate surface area is 227 Å². The lowest BCUT2D eigenvalue weighted by molar-refractivity contribution is 0.669. The molecular weight excluding hydrogens is 473 g/mol. The van der Waals surface area contributed by atoms with Crippen LogP contribution in [0.4, 0.5) is 11.4 Å². The summed E-state index contributed by atoms with van der Waals surface area (Å²) in [6, 6.07) is 52.1. The van der Waals surface area contributed by atoms with E-state index in [9.17, 15) is 0 Å². The van der Waals surface area contributed by atoms with Crippen molar-refractivity contribution in [2.75, 3.05) is 4.81 Å². The molecule has 0 atom stereocenters. The minimum atomic E-state index is 0.0628. The molecule has 1 aliphatic rings. The van der Waals surface area contributed by atoms with Crippen LogP contribution in [0.25, 0.3) is 44.2 Å². The van der Waals surface area contributed by atoms with Gasteiger partial charge >= 0.3 is 6.85 Å². The van der Waals surface area contributed by atoms with Gasteiger partial charge in [-0.25, -0.2) is 0 Å². The molecular formula is C36H24BNO. The van der Waals surface area contributed by atoms with E-state index in [4.69, 9.17) is 4.42 Å². The van der Waals surface area contributed by atoms with Gasteiger partial charge < -0.3 is 9.23 Å². The van der Waals surface area contributed by atoms with Crippen molar-refractivity contribution in [1.29, 1.82) is 0 Å². The summed E-state index contributed by atoms with van der Waals surface area (Å²) in [4.78, 5) is 2.48. The van der Waals surface area contributed by atoms with Crippen molar-refractivity contribution in [1.82, 2.24) is 0 Å². The summed E-state index contributed by atoms with van der Waals surface area (Å²) in [5.74, 6) is 0. The van der Waals surface area contributed by atoms with E-state index in [1.165, 1.54) is 44.6 Å². The van der Waals surface area contributed by atoms with Crippen LogP contribution in [0.2, 0.25) is 0 Å². The summed E-state index contributed by atoms with van der Waals surface area (Å²) < 4.78 is 6.05. The smallest absolute Gasteiger partial charge is 0.328 e. The number of hydrogen-bond donors (Lipinski definition) is 0. The maximum atomic E-state index is 6.05. The zero-order valence-electron chi connectivity index (χ0n) is 21.3. The van der Waals surface area contributed by atoms with Gasteiger partial charge in [0.15, 0.2) is 0 Å². The summed E-state index contributed by atoms with van der Waals surface area (Å²) in [6.45, 7) is 0.0628. The molecule has 0 unspecified atom stereocenters. The molecule has 0 aliphatic carbocycles. The molecule has 0 radical (unpaired) electrons. The predicted molar refractivity (Wildman–Crippen MR) is 165 cm³/mol. The fourth-order valence-electron chi connectivity index (χ4n) is 6.14. The number of rotatable bonds is 3. The Bertz CT molecular complexity index is 1970. The number of hydrogen-bond acceptors (Lipinski definition) is 2. The highest BCUT2D eigenvalue weighted by molar-refractivity contribution is 6.90. The molecule has 2 nitrogen and oxygen atoms in total. The average Bonchev–Trinajstić information content (AvgIpc) is 3.39. The van der Waals surface area contributed by atoms with Gasteiger partial charge in [-0.15, -0.1) is 0 Å². The third-order valence-corrected chi connectivity index (χ3v) is 7.94. The quantitative estimate of drug-likeness (QED) is 0.229. The molecule has 2 heterocycles. The van der Waals surface area contributed by atoms with Crippen LogP contribution >= 0.6 is 0 Å². The molecule has 0 fully saturated rings. The summed E-state index contributed by atoms with van der Waals surface area (Å²) in [7, 11) is 0. The Hall–Kier alpha value is -5.02. The molecule has 1 aliphatic heterocycles. The van der Waals surface area contributed by atoms with Crippen LogP contribution in [0, 0.1) is 0 Å². The highest BCUT2D eigenvalue weighted by Gasteiger charge is 2.36. The zero-order chi connectivity index (χ0) is 25.8. The highest BCUT2D eigenvalue weighted by atomic mass is 16.3. The third-order valence-electron chi connectivity index (χ3n) is 7.94. The van der Waals surface area contributed by atoms with Crippen molar-refractivity contribution >= 4 is 51.1 Å². The van der Waals surface area contributed by atoms with E-state index in [2.05, 4.69) is 138 Å². The molecule has 39 heavy (non-hydrogen) atoms. The van der Waals surface area contributed by atoms with Gasteiger partial charge in [-0.1, -0.05) is 115 Å². The van der Waals surface area contributed by atoms with Crippen molar-refractivity contribution in [3.8, 4) is 22.3 Å². The van der Waals surface area contributed by atoms with Crippen LogP contribution in [0.1, 0.15) is 0 Å². The van der Waals surface area contributed by atoms with Crippen LogP contribution in [0.5, 0.6) is 0 Å². The topological polar surface area (TPSA) is 16.4 Å². The van der Waals surface area contributed by atoms with Gasteiger partial charge in [-0.05, 0) is 58.6 Å². The monoisotopic (exact) mass is 497 g/mol. The third kappa shape index (κ3) is 3.51. The molecule has 8 rings (SSSR count). The first-order chi connectivity index (χ1) is 19.3. The van der Waals surface area contributed by atoms with Gasteiger partial charge in [-0.2, -0.15) is 0 Å². The minimum Gasteiger partial charge on any atom is -0.456 e. The Morgan fingerprint density at radius 3 is 2.03 bits per heavy atom. The predicted octanol–water partition coefficient (Wildman–Crippen LogP) is 8.18. The van der Waals surface area contributed by atoms with Gasteiger partial charge in [0.05, 0.1) is 0 Å². The Morgan fingerprint density at radius 1 is 0.487 bits per heavy atom. The number of benzene rings is 6. The number of anilines is 2. The fraction of sp³-hybridized carbons (Fsp3) is 0. The summed E-state index contributed by atoms with van der Waals surface area (Å²) in [5, 5.41) is 2.31. The molecule has 0 saturated heterocycles. The molecule has 0 spiro atoms. The molecule has 0 saturated carbocycles. The first-order valence-corrected chi connectivity index (χ1v) is 13.4. The van der Waals surface area contributed by atoms with Gasteiger partial charge in [0.2, 0.25) is 0 Å². The van der Waals surface area contributed by atoms with Crippen LogP contribution in [0.3, 0.4) is 0 Å². The van der Waals surface area contributed by atoms with Gasteiger partial charge in [0.25, 0.3) is 0 Å². The van der Waals surface area contributed by atoms with Gasteiger partial charge in [0.1, 0.15) is 11.2 Å². The van der Waals surface area contributed by atoms with Crippen molar-refractivity contribution in [3.05, 3.63) is 146 Å². The SMILES string of the molecule is c1ccc(N2B(c3ccc(-c4ccc5oc6ccccc6c5c4)cc3)c3ccccc3-c3ccccc32)cc1. The van der Waals surface area contributed by atoms with E-state index in [0.717, 1.165) is 21.9 Å². The fourth-order valence-corrected chi connectivity index (χ4v) is 6.14. The number of para-hydroxylation sites is 3. The standard InChI is InChI=1S/C36H24BNO/c1-2-10-28(11-3-1)38-34-16-8-5-13-30(34)29-12-4-7-15-33(29)37(38)27-21-18-25(19-22-27)26-20-23-36-32(24-26)31-14-6-9-17-35(31)39-36/h1-24H. The van der Waals surface area contributed by atoms with E-state index >= 15 is 0 Å². The normalized spacial score (nSPS) is 12.5. The highest BCUT2D eigenvalue weighted by Crippen LogP contribution is 2.39. The second-order valence-electron chi connectivity index (χ2n) is 10.1. The van der Waals surface area contributed by atoms with Gasteiger partial charge in [-0.3, -0.25) is 0 Å². The van der Waals surface area contributed by atoms with Crippen LogP contribution in [-0.4, -0.2) is 6.85 Å². The van der Waals surface area contributed by atoms with E-state index in [0.29, 0.717) is 0 Å². The van der Waals surface area contributed by atoms with Crippen molar-refractivity contribution in [3.63, 3.8) is 0 Å². The van der Waals surface area contributed by atoms with E-state index in [1.54, 1.807) is 0 Å². The first-order valence-electron chi connectivity index (χ1n) is 13.4. The molecule has 3 heteroatoms. The van der Waals surface area contributed by atoms with E-state index in [-0.39, 0.29) is 6.85 Å². The largest absolute Gasteiger partial charge is 0.456 e. The number of fused-ring (bicyclic) bond motifs is 6. The lowest BCUT2D eigenvalue weighted by Crippen LogP contribution is -2.57. The van der Waals surface area contributed by atoms with Crippen molar-refractivity contribution in [2.24, 2.45) is 0 Å². The lowest BCUT2D eigenvalue weighted by Gasteiger charge is -2.39. The van der Waals surface area contributed by atoms with Crippen LogP contribution in [-0.2, 0) is 0 Å². The molecule has 6 aromatic carbocycles. The summed E-state index contributed by atoms with van der Waals surface area (Å²) >= 11 is 0. The zero-order valence-corrected chi connectivity index (χ0v) is 21.3. The Balaban J connectivity index is 1.26. The second kappa shape index (κ2) is 8.78. The molecule has 7 aromatic rings. The molecule has 182 valence electrons.